The molecule has 0 aromatic carbocycles. The predicted octanol–water partition coefficient (Wildman–Crippen LogP) is 3.14. The smallest absolute Gasteiger partial charge is 0.137 e. The van der Waals surface area contributed by atoms with Gasteiger partial charge in [-0.15, -0.1) is 0 Å². The third kappa shape index (κ3) is 2.33. The SMILES string of the molecule is Cc1c(Cl)ncnc1N(C)Cc1ccsc1. The van der Waals surface area contributed by atoms with Gasteiger partial charge >= 0.3 is 0 Å². The molecule has 0 fully saturated rings. The molecule has 0 bridgehead atoms. The Bertz CT molecular complexity index is 470. The van der Waals surface area contributed by atoms with E-state index in [1.165, 1.54) is 11.9 Å². The average Bonchev–Trinajstić information content (AvgIpc) is 2.74. The molecule has 84 valence electrons. The van der Waals surface area contributed by atoms with Crippen LogP contribution in [0.4, 0.5) is 5.82 Å². The van der Waals surface area contributed by atoms with Gasteiger partial charge in [0.1, 0.15) is 17.3 Å². The summed E-state index contributed by atoms with van der Waals surface area (Å²) in [5.74, 6) is 0.881. The second-order valence-corrected chi connectivity index (χ2v) is 4.74. The first-order valence-corrected chi connectivity index (χ1v) is 6.20. The molecule has 0 spiro atoms. The molecule has 0 aliphatic heterocycles. The van der Waals surface area contributed by atoms with Gasteiger partial charge in [0.05, 0.1) is 0 Å². The van der Waals surface area contributed by atoms with Crippen molar-refractivity contribution in [3.05, 3.63) is 39.4 Å². The summed E-state index contributed by atoms with van der Waals surface area (Å²) in [6, 6.07) is 2.11. The van der Waals surface area contributed by atoms with Gasteiger partial charge in [0, 0.05) is 19.2 Å². The molecular formula is C11H12ClN3S. The second-order valence-electron chi connectivity index (χ2n) is 3.60. The van der Waals surface area contributed by atoms with Crippen molar-refractivity contribution in [2.24, 2.45) is 0 Å². The van der Waals surface area contributed by atoms with Gasteiger partial charge < -0.3 is 4.90 Å². The van der Waals surface area contributed by atoms with Crippen molar-refractivity contribution in [1.82, 2.24) is 9.97 Å². The van der Waals surface area contributed by atoms with E-state index < -0.39 is 0 Å². The van der Waals surface area contributed by atoms with E-state index in [1.807, 2.05) is 14.0 Å². The Labute approximate surface area is 104 Å². The highest BCUT2D eigenvalue weighted by molar-refractivity contribution is 7.07. The van der Waals surface area contributed by atoms with Crippen LogP contribution in [0.15, 0.2) is 23.2 Å². The molecule has 0 radical (unpaired) electrons. The Morgan fingerprint density at radius 1 is 1.44 bits per heavy atom. The standard InChI is InChI=1S/C11H12ClN3S/c1-8-10(12)13-7-14-11(8)15(2)5-9-3-4-16-6-9/h3-4,6-7H,5H2,1-2H3. The molecule has 2 heterocycles. The third-order valence-corrected chi connectivity index (χ3v) is 3.47. The fraction of sp³-hybridized carbons (Fsp3) is 0.273. The minimum absolute atomic E-state index is 0.516. The van der Waals surface area contributed by atoms with Crippen LogP contribution in [0, 0.1) is 6.92 Å². The van der Waals surface area contributed by atoms with Crippen LogP contribution < -0.4 is 4.90 Å². The Hall–Kier alpha value is -1.13. The van der Waals surface area contributed by atoms with E-state index in [0.717, 1.165) is 17.9 Å². The van der Waals surface area contributed by atoms with E-state index >= 15 is 0 Å². The molecule has 3 nitrogen and oxygen atoms in total. The summed E-state index contributed by atoms with van der Waals surface area (Å²) in [6.07, 6.45) is 1.49. The summed E-state index contributed by atoms with van der Waals surface area (Å²) in [7, 11) is 2.00. The average molecular weight is 254 g/mol. The van der Waals surface area contributed by atoms with Crippen LogP contribution in [0.25, 0.3) is 0 Å². The second kappa shape index (κ2) is 4.80. The molecule has 0 N–H and O–H groups in total. The molecule has 0 saturated carbocycles. The Morgan fingerprint density at radius 2 is 2.25 bits per heavy atom. The third-order valence-electron chi connectivity index (χ3n) is 2.36. The molecule has 2 aromatic heterocycles. The first-order chi connectivity index (χ1) is 7.68. The Kier molecular flexibility index (Phi) is 3.41. The molecular weight excluding hydrogens is 242 g/mol. The minimum atomic E-state index is 0.516. The van der Waals surface area contributed by atoms with E-state index in [0.29, 0.717) is 5.15 Å². The van der Waals surface area contributed by atoms with Gasteiger partial charge in [-0.3, -0.25) is 0 Å². The van der Waals surface area contributed by atoms with Gasteiger partial charge in [0.2, 0.25) is 0 Å². The Morgan fingerprint density at radius 3 is 2.94 bits per heavy atom. The van der Waals surface area contributed by atoms with E-state index in [4.69, 9.17) is 11.6 Å². The summed E-state index contributed by atoms with van der Waals surface area (Å²) < 4.78 is 0. The molecule has 0 unspecified atom stereocenters. The van der Waals surface area contributed by atoms with Crippen molar-refractivity contribution in [2.45, 2.75) is 13.5 Å². The number of aromatic nitrogens is 2. The lowest BCUT2D eigenvalue weighted by Crippen LogP contribution is -2.18. The van der Waals surface area contributed by atoms with Crippen LogP contribution >= 0.6 is 22.9 Å². The minimum Gasteiger partial charge on any atom is -0.355 e. The van der Waals surface area contributed by atoms with Crippen LogP contribution in [0.3, 0.4) is 0 Å². The maximum atomic E-state index is 5.96. The van der Waals surface area contributed by atoms with Crippen LogP contribution in [0.5, 0.6) is 0 Å². The van der Waals surface area contributed by atoms with Gasteiger partial charge in [0.15, 0.2) is 0 Å². The molecule has 0 atom stereocenters. The van der Waals surface area contributed by atoms with Crippen molar-refractivity contribution >= 4 is 28.8 Å². The first kappa shape index (κ1) is 11.4. The maximum Gasteiger partial charge on any atom is 0.137 e. The van der Waals surface area contributed by atoms with Crippen LogP contribution in [0.2, 0.25) is 5.15 Å². The zero-order valence-corrected chi connectivity index (χ0v) is 10.7. The van der Waals surface area contributed by atoms with E-state index in [-0.39, 0.29) is 0 Å². The van der Waals surface area contributed by atoms with Gasteiger partial charge in [-0.2, -0.15) is 11.3 Å². The van der Waals surface area contributed by atoms with Crippen molar-refractivity contribution in [2.75, 3.05) is 11.9 Å². The maximum absolute atomic E-state index is 5.96. The van der Waals surface area contributed by atoms with Crippen molar-refractivity contribution < 1.29 is 0 Å². The van der Waals surface area contributed by atoms with Crippen LogP contribution in [-0.2, 0) is 6.54 Å². The lowest BCUT2D eigenvalue weighted by molar-refractivity contribution is 0.885. The predicted molar refractivity (Wildman–Crippen MR) is 68.2 cm³/mol. The van der Waals surface area contributed by atoms with E-state index in [1.54, 1.807) is 11.3 Å². The molecule has 2 aromatic rings. The highest BCUT2D eigenvalue weighted by Gasteiger charge is 2.10. The number of hydrogen-bond acceptors (Lipinski definition) is 4. The monoisotopic (exact) mass is 253 g/mol. The normalized spacial score (nSPS) is 10.4. The molecule has 0 amide bonds. The number of rotatable bonds is 3. The molecule has 5 heteroatoms. The zero-order valence-electron chi connectivity index (χ0n) is 9.14. The molecule has 0 saturated heterocycles. The van der Waals surface area contributed by atoms with E-state index in [2.05, 4.69) is 31.7 Å². The highest BCUT2D eigenvalue weighted by atomic mass is 35.5. The topological polar surface area (TPSA) is 29.0 Å². The van der Waals surface area contributed by atoms with E-state index in [9.17, 15) is 0 Å². The van der Waals surface area contributed by atoms with Crippen LogP contribution in [0.1, 0.15) is 11.1 Å². The summed E-state index contributed by atoms with van der Waals surface area (Å²) >= 11 is 7.66. The number of hydrogen-bond donors (Lipinski definition) is 0. The number of nitrogens with zero attached hydrogens (tertiary/aromatic N) is 3. The fourth-order valence-corrected chi connectivity index (χ4v) is 2.32. The summed E-state index contributed by atoms with van der Waals surface area (Å²) in [5, 5.41) is 4.72. The molecule has 2 rings (SSSR count). The molecule has 0 aliphatic rings. The van der Waals surface area contributed by atoms with Gasteiger partial charge in [0.25, 0.3) is 0 Å². The summed E-state index contributed by atoms with van der Waals surface area (Å²) in [5.41, 5.74) is 2.20. The molecule has 0 aliphatic carbocycles. The fourth-order valence-electron chi connectivity index (χ4n) is 1.54. The van der Waals surface area contributed by atoms with Gasteiger partial charge in [-0.05, 0) is 29.3 Å². The van der Waals surface area contributed by atoms with Crippen molar-refractivity contribution in [3.8, 4) is 0 Å². The summed E-state index contributed by atoms with van der Waals surface area (Å²) in [4.78, 5) is 10.3. The number of anilines is 1. The largest absolute Gasteiger partial charge is 0.355 e. The lowest BCUT2D eigenvalue weighted by atomic mass is 10.3. The quantitative estimate of drug-likeness (QED) is 0.787. The van der Waals surface area contributed by atoms with Crippen molar-refractivity contribution in [1.29, 1.82) is 0 Å². The van der Waals surface area contributed by atoms with Crippen LogP contribution in [-0.4, -0.2) is 17.0 Å². The van der Waals surface area contributed by atoms with Gasteiger partial charge in [-0.1, -0.05) is 11.6 Å². The Balaban J connectivity index is 2.21. The first-order valence-electron chi connectivity index (χ1n) is 4.88. The summed E-state index contributed by atoms with van der Waals surface area (Å²) in [6.45, 7) is 2.76. The number of halogens is 1. The number of thiophene rings is 1. The molecule has 16 heavy (non-hydrogen) atoms. The zero-order chi connectivity index (χ0) is 11.5. The highest BCUT2D eigenvalue weighted by Crippen LogP contribution is 2.22. The lowest BCUT2D eigenvalue weighted by Gasteiger charge is -2.19. The van der Waals surface area contributed by atoms with Gasteiger partial charge in [-0.25, -0.2) is 9.97 Å². The van der Waals surface area contributed by atoms with Crippen molar-refractivity contribution in [3.63, 3.8) is 0 Å².